The van der Waals surface area contributed by atoms with Gasteiger partial charge in [0.15, 0.2) is 12.0 Å². The molecule has 2 fully saturated rings. The second-order valence-electron chi connectivity index (χ2n) is 16.1. The lowest BCUT2D eigenvalue weighted by Gasteiger charge is -2.41. The first kappa shape index (κ1) is 38.6. The van der Waals surface area contributed by atoms with Gasteiger partial charge in [0, 0.05) is 53.2 Å². The first-order valence-corrected chi connectivity index (χ1v) is 19.2. The van der Waals surface area contributed by atoms with Gasteiger partial charge in [0.25, 0.3) is 11.8 Å². The van der Waals surface area contributed by atoms with Crippen molar-refractivity contribution >= 4 is 50.0 Å². The van der Waals surface area contributed by atoms with Crippen LogP contribution in [0.3, 0.4) is 0 Å². The summed E-state index contributed by atoms with van der Waals surface area (Å²) in [5.74, 6) is -4.25. The molecule has 3 aromatic carbocycles. The van der Waals surface area contributed by atoms with E-state index in [4.69, 9.17) is 19.0 Å². The van der Waals surface area contributed by atoms with Gasteiger partial charge in [0.2, 0.25) is 0 Å². The fraction of sp³-hybridized carbons (Fsp3) is 0.439. The maximum Gasteiger partial charge on any atom is 0.410 e. The van der Waals surface area contributed by atoms with E-state index < -0.39 is 40.5 Å². The number of nitrogens with zero attached hydrogens (tertiary/aromatic N) is 4. The number of anilines is 1. The van der Waals surface area contributed by atoms with Crippen LogP contribution in [0.5, 0.6) is 11.5 Å². The Hall–Kier alpha value is -4.66. The summed E-state index contributed by atoms with van der Waals surface area (Å²) in [5.41, 5.74) is -0.433. The summed E-state index contributed by atoms with van der Waals surface area (Å²) in [5, 5.41) is 7.39. The Morgan fingerprint density at radius 2 is 1.65 bits per heavy atom. The molecule has 7 rings (SSSR count). The van der Waals surface area contributed by atoms with Gasteiger partial charge in [-0.1, -0.05) is 6.07 Å². The van der Waals surface area contributed by atoms with E-state index in [9.17, 15) is 14.0 Å². The zero-order valence-electron chi connectivity index (χ0n) is 32.0. The molecule has 1 atom stereocenters. The largest absolute Gasteiger partial charge is 0.455 e. The molecule has 10 nitrogen and oxygen atoms in total. The maximum atomic E-state index is 15.1. The van der Waals surface area contributed by atoms with Crippen LogP contribution in [0, 0.1) is 11.7 Å². The first-order valence-electron chi connectivity index (χ1n) is 18.4. The number of fused-ring (bicyclic) bond motifs is 3. The minimum Gasteiger partial charge on any atom is -0.455 e. The van der Waals surface area contributed by atoms with Crippen LogP contribution in [-0.4, -0.2) is 57.6 Å². The van der Waals surface area contributed by atoms with E-state index in [1.54, 1.807) is 51.2 Å². The molecule has 0 bridgehead atoms. The second kappa shape index (κ2) is 14.4. The number of halogens is 3. The number of carbonyl (C=O) groups is 2. The smallest absolute Gasteiger partial charge is 0.410 e. The van der Waals surface area contributed by atoms with Crippen LogP contribution in [0.25, 0.3) is 31.4 Å². The number of amides is 2. The van der Waals surface area contributed by atoms with E-state index in [2.05, 4.69) is 5.10 Å². The van der Waals surface area contributed by atoms with Crippen LogP contribution < -0.4 is 9.80 Å². The van der Waals surface area contributed by atoms with E-state index in [-0.39, 0.29) is 30.8 Å². The summed E-state index contributed by atoms with van der Waals surface area (Å²) >= 11 is 1.27. The molecule has 5 aromatic rings. The van der Waals surface area contributed by atoms with Crippen LogP contribution in [0.4, 0.5) is 23.7 Å². The van der Waals surface area contributed by atoms with Crippen LogP contribution in [-0.2, 0) is 25.0 Å². The molecule has 2 saturated heterocycles. The van der Waals surface area contributed by atoms with Crippen molar-refractivity contribution in [2.45, 2.75) is 91.1 Å². The molecule has 0 saturated carbocycles. The van der Waals surface area contributed by atoms with Gasteiger partial charge < -0.3 is 19.1 Å². The third-order valence-corrected chi connectivity index (χ3v) is 10.5. The molecule has 1 unspecified atom stereocenters. The average Bonchev–Trinajstić information content (AvgIpc) is 3.67. The van der Waals surface area contributed by atoms with Gasteiger partial charge >= 0.3 is 6.09 Å². The van der Waals surface area contributed by atoms with Crippen molar-refractivity contribution in [1.82, 2.24) is 14.7 Å². The topological polar surface area (TPSA) is 95.4 Å². The molecule has 292 valence electrons. The molecule has 2 aromatic heterocycles. The number of likely N-dealkylation sites (tertiary alicyclic amines) is 1. The van der Waals surface area contributed by atoms with Crippen molar-refractivity contribution in [3.8, 4) is 21.9 Å². The lowest BCUT2D eigenvalue weighted by atomic mass is 9.99. The summed E-state index contributed by atoms with van der Waals surface area (Å²) in [6.07, 6.45) is 3.91. The van der Waals surface area contributed by atoms with Crippen LogP contribution in [0.2, 0.25) is 0 Å². The van der Waals surface area contributed by atoms with Gasteiger partial charge in [-0.15, -0.1) is 11.3 Å². The highest BCUT2D eigenvalue weighted by atomic mass is 32.1. The van der Waals surface area contributed by atoms with Crippen LogP contribution in [0.1, 0.15) is 79.5 Å². The standard InChI is InChI=1S/C41H45F3N4O6S/c1-39(2,3)53-38(50)46-22-24(23-46)37(49)48(54-40(4,5)6)26-12-14-27(15-13-26)52-34-29-17-18-32-30(21-45-47(32)33-10-8-9-19-51-33)35(29)55-36(34)28-16-11-25(42)20-31(28)41(7,43)44/h11-18,20-21,24,33H,8-10,19,22-23H2,1-7H3. The number of hydroxylamine groups is 1. The van der Waals surface area contributed by atoms with Crippen molar-refractivity contribution in [1.29, 1.82) is 0 Å². The van der Waals surface area contributed by atoms with Crippen LogP contribution >= 0.6 is 11.3 Å². The number of aromatic nitrogens is 2. The molecule has 0 radical (unpaired) electrons. The number of carbonyl (C=O) groups excluding carboxylic acids is 2. The summed E-state index contributed by atoms with van der Waals surface area (Å²) in [7, 11) is 0. The number of thiophene rings is 1. The summed E-state index contributed by atoms with van der Waals surface area (Å²) < 4.78 is 65.2. The molecule has 14 heteroatoms. The van der Waals surface area contributed by atoms with Gasteiger partial charge in [-0.25, -0.2) is 22.6 Å². The number of rotatable bonds is 8. The van der Waals surface area contributed by atoms with Gasteiger partial charge in [0.1, 0.15) is 17.2 Å². The van der Waals surface area contributed by atoms with E-state index >= 15 is 8.78 Å². The number of alkyl halides is 2. The maximum absolute atomic E-state index is 15.1. The Bertz CT molecular complexity index is 2220. The van der Waals surface area contributed by atoms with E-state index in [0.29, 0.717) is 34.1 Å². The molecular weight excluding hydrogens is 734 g/mol. The molecule has 4 heterocycles. The average molecular weight is 779 g/mol. The highest BCUT2D eigenvalue weighted by Crippen LogP contribution is 2.51. The zero-order chi connectivity index (χ0) is 39.4. The molecule has 2 aliphatic rings. The quantitative estimate of drug-likeness (QED) is 0.145. The number of ether oxygens (including phenoxy) is 3. The summed E-state index contributed by atoms with van der Waals surface area (Å²) in [6, 6.07) is 13.9. The van der Waals surface area contributed by atoms with E-state index in [0.717, 1.165) is 53.9 Å². The van der Waals surface area contributed by atoms with Crippen molar-refractivity contribution in [2.24, 2.45) is 5.92 Å². The molecule has 0 aliphatic carbocycles. The predicted octanol–water partition coefficient (Wildman–Crippen LogP) is 10.6. The predicted molar refractivity (Wildman–Crippen MR) is 205 cm³/mol. The number of benzene rings is 3. The number of hydrogen-bond donors (Lipinski definition) is 0. The molecule has 2 amide bonds. The Balaban J connectivity index is 1.23. The minimum atomic E-state index is -3.35. The Morgan fingerprint density at radius 1 is 0.927 bits per heavy atom. The number of hydrogen-bond acceptors (Lipinski definition) is 8. The van der Waals surface area contributed by atoms with Gasteiger partial charge in [-0.05, 0) is 109 Å². The summed E-state index contributed by atoms with van der Waals surface area (Å²) in [4.78, 5) is 34.3. The minimum absolute atomic E-state index is 0.147. The zero-order valence-corrected chi connectivity index (χ0v) is 32.8. The lowest BCUT2D eigenvalue weighted by Crippen LogP contribution is -2.58. The van der Waals surface area contributed by atoms with Crippen molar-refractivity contribution < 1.29 is 41.8 Å². The SMILES string of the molecule is CC(C)(C)OC(=O)N1CC(C(=O)N(OC(C)(C)C)c2ccc(Oc3c(-c4ccc(F)cc4C(C)(F)F)sc4c3ccc3c4cnn3C3CCCCO3)cc2)C1. The van der Waals surface area contributed by atoms with Crippen molar-refractivity contribution in [3.63, 3.8) is 0 Å². The molecule has 0 spiro atoms. The molecule has 0 N–H and O–H groups in total. The first-order chi connectivity index (χ1) is 25.9. The third-order valence-electron chi connectivity index (χ3n) is 9.25. The molecule has 55 heavy (non-hydrogen) atoms. The Kier molecular flexibility index (Phi) is 10.1. The summed E-state index contributed by atoms with van der Waals surface area (Å²) in [6.45, 7) is 12.6. The fourth-order valence-corrected chi connectivity index (χ4v) is 7.97. The lowest BCUT2D eigenvalue weighted by molar-refractivity contribution is -0.141. The van der Waals surface area contributed by atoms with Gasteiger partial charge in [-0.3, -0.25) is 9.63 Å². The van der Waals surface area contributed by atoms with Crippen molar-refractivity contribution in [3.05, 3.63) is 72.2 Å². The Labute approximate surface area is 321 Å². The normalized spacial score (nSPS) is 17.1. The van der Waals surface area contributed by atoms with Gasteiger partial charge in [0.05, 0.1) is 33.8 Å². The fourth-order valence-electron chi connectivity index (χ4n) is 6.70. The highest BCUT2D eigenvalue weighted by molar-refractivity contribution is 7.23. The van der Waals surface area contributed by atoms with Crippen LogP contribution in [0.15, 0.2) is 60.8 Å². The van der Waals surface area contributed by atoms with E-state index in [1.165, 1.54) is 27.4 Å². The molecule has 2 aliphatic heterocycles. The Morgan fingerprint density at radius 3 is 2.29 bits per heavy atom. The third kappa shape index (κ3) is 8.17. The second-order valence-corrected chi connectivity index (χ2v) is 17.2. The molecular formula is C41H45F3N4O6S. The van der Waals surface area contributed by atoms with Crippen molar-refractivity contribution in [2.75, 3.05) is 24.8 Å². The monoisotopic (exact) mass is 778 g/mol. The van der Waals surface area contributed by atoms with E-state index in [1.807, 2.05) is 37.6 Å². The van der Waals surface area contributed by atoms with Gasteiger partial charge in [-0.2, -0.15) is 10.2 Å². The highest BCUT2D eigenvalue weighted by Gasteiger charge is 2.41.